The molecule has 0 bridgehead atoms. The van der Waals surface area contributed by atoms with Gasteiger partial charge in [-0.3, -0.25) is 0 Å². The van der Waals surface area contributed by atoms with Crippen LogP contribution in [0.4, 0.5) is 10.1 Å². The summed E-state index contributed by atoms with van der Waals surface area (Å²) in [7, 11) is 1.54. The molecule has 2 aromatic rings. The summed E-state index contributed by atoms with van der Waals surface area (Å²) in [5, 5.41) is 0. The first-order chi connectivity index (χ1) is 8.58. The van der Waals surface area contributed by atoms with Crippen molar-refractivity contribution in [2.24, 2.45) is 0 Å². The average molecular weight is 312 g/mol. The normalized spacial score (nSPS) is 10.2. The Morgan fingerprint density at radius 3 is 2.44 bits per heavy atom. The molecule has 0 saturated carbocycles. The zero-order valence-electron chi connectivity index (χ0n) is 9.61. The second-order valence-corrected chi connectivity index (χ2v) is 4.47. The Balaban J connectivity index is 2.27. The fraction of sp³-hybridized carbons (Fsp3) is 0.0769. The molecule has 0 amide bonds. The van der Waals surface area contributed by atoms with E-state index >= 15 is 0 Å². The topological polar surface area (TPSA) is 44.5 Å². The van der Waals surface area contributed by atoms with Crippen molar-refractivity contribution < 1.29 is 13.9 Å². The van der Waals surface area contributed by atoms with Crippen molar-refractivity contribution in [3.05, 3.63) is 46.7 Å². The summed E-state index contributed by atoms with van der Waals surface area (Å²) in [6, 6.07) is 9.52. The van der Waals surface area contributed by atoms with E-state index < -0.39 is 0 Å². The third kappa shape index (κ3) is 2.92. The summed E-state index contributed by atoms with van der Waals surface area (Å²) in [5.41, 5.74) is 6.22. The van der Waals surface area contributed by atoms with E-state index in [-0.39, 0.29) is 5.82 Å². The Hall–Kier alpha value is -1.75. The number of anilines is 1. The molecule has 0 heterocycles. The molecule has 0 spiro atoms. The van der Waals surface area contributed by atoms with Gasteiger partial charge in [0.05, 0.1) is 11.6 Å². The maximum atomic E-state index is 13.3. The van der Waals surface area contributed by atoms with Gasteiger partial charge in [-0.25, -0.2) is 4.39 Å². The number of nitrogens with two attached hydrogens (primary N) is 1. The van der Waals surface area contributed by atoms with Crippen molar-refractivity contribution in [2.75, 3.05) is 12.8 Å². The molecular weight excluding hydrogens is 301 g/mol. The van der Waals surface area contributed by atoms with Crippen LogP contribution >= 0.6 is 15.9 Å². The van der Waals surface area contributed by atoms with Crippen LogP contribution in [0.2, 0.25) is 0 Å². The summed E-state index contributed by atoms with van der Waals surface area (Å²) < 4.78 is 24.3. The Morgan fingerprint density at radius 2 is 1.78 bits per heavy atom. The van der Waals surface area contributed by atoms with Gasteiger partial charge in [0.1, 0.15) is 23.1 Å². The van der Waals surface area contributed by atoms with Gasteiger partial charge in [0.15, 0.2) is 0 Å². The van der Waals surface area contributed by atoms with E-state index in [1.807, 2.05) is 0 Å². The van der Waals surface area contributed by atoms with Crippen molar-refractivity contribution >= 4 is 21.6 Å². The van der Waals surface area contributed by atoms with Crippen LogP contribution in [0.1, 0.15) is 0 Å². The van der Waals surface area contributed by atoms with Gasteiger partial charge in [0.25, 0.3) is 0 Å². The number of hydrogen-bond acceptors (Lipinski definition) is 3. The largest absolute Gasteiger partial charge is 0.497 e. The minimum absolute atomic E-state index is 0.386. The van der Waals surface area contributed by atoms with E-state index in [9.17, 15) is 4.39 Å². The van der Waals surface area contributed by atoms with Crippen LogP contribution in [0.5, 0.6) is 17.2 Å². The molecule has 94 valence electrons. The summed E-state index contributed by atoms with van der Waals surface area (Å²) >= 11 is 3.08. The first-order valence-electron chi connectivity index (χ1n) is 5.16. The van der Waals surface area contributed by atoms with Crippen LogP contribution in [0.25, 0.3) is 0 Å². The lowest BCUT2D eigenvalue weighted by Crippen LogP contribution is -1.91. The van der Waals surface area contributed by atoms with Crippen LogP contribution in [-0.2, 0) is 0 Å². The Morgan fingerprint density at radius 1 is 1.06 bits per heavy atom. The van der Waals surface area contributed by atoms with Crippen LogP contribution in [-0.4, -0.2) is 7.11 Å². The highest BCUT2D eigenvalue weighted by Gasteiger charge is 2.05. The molecule has 18 heavy (non-hydrogen) atoms. The zero-order valence-corrected chi connectivity index (χ0v) is 11.2. The maximum Gasteiger partial charge on any atom is 0.141 e. The molecule has 0 saturated heterocycles. The minimum Gasteiger partial charge on any atom is -0.497 e. The first-order valence-corrected chi connectivity index (χ1v) is 5.95. The SMILES string of the molecule is COc1cc(N)cc(Oc2ccc(Br)c(F)c2)c1. The summed E-state index contributed by atoms with van der Waals surface area (Å²) in [6.07, 6.45) is 0. The number of halogens is 2. The van der Waals surface area contributed by atoms with E-state index in [0.717, 1.165) is 0 Å². The van der Waals surface area contributed by atoms with Gasteiger partial charge in [-0.2, -0.15) is 0 Å². The molecule has 2 N–H and O–H groups in total. The molecule has 5 heteroatoms. The molecule has 3 nitrogen and oxygen atoms in total. The van der Waals surface area contributed by atoms with Crippen LogP contribution in [0.15, 0.2) is 40.9 Å². The smallest absolute Gasteiger partial charge is 0.141 e. The number of hydrogen-bond donors (Lipinski definition) is 1. The van der Waals surface area contributed by atoms with E-state index in [4.69, 9.17) is 15.2 Å². The molecular formula is C13H11BrFNO2. The lowest BCUT2D eigenvalue weighted by atomic mass is 10.3. The molecule has 0 aliphatic rings. The van der Waals surface area contributed by atoms with Crippen molar-refractivity contribution in [1.82, 2.24) is 0 Å². The Labute approximate surface area is 112 Å². The van der Waals surface area contributed by atoms with Gasteiger partial charge in [-0.1, -0.05) is 0 Å². The number of ether oxygens (including phenoxy) is 2. The van der Waals surface area contributed by atoms with Gasteiger partial charge < -0.3 is 15.2 Å². The second-order valence-electron chi connectivity index (χ2n) is 3.62. The standard InChI is InChI=1S/C13H11BrFNO2/c1-17-10-4-8(16)5-11(6-10)18-9-2-3-12(14)13(15)7-9/h2-7H,16H2,1H3. The van der Waals surface area contributed by atoms with Crippen molar-refractivity contribution in [2.45, 2.75) is 0 Å². The Kier molecular flexibility index (Phi) is 3.72. The molecule has 0 aliphatic heterocycles. The molecule has 2 rings (SSSR count). The Bertz CT molecular complexity index is 575. The lowest BCUT2D eigenvalue weighted by Gasteiger charge is -2.09. The predicted octanol–water partition coefficient (Wildman–Crippen LogP) is 3.97. The van der Waals surface area contributed by atoms with Crippen molar-refractivity contribution in [3.63, 3.8) is 0 Å². The molecule has 0 unspecified atom stereocenters. The van der Waals surface area contributed by atoms with Gasteiger partial charge in [0.2, 0.25) is 0 Å². The van der Waals surface area contributed by atoms with Crippen LogP contribution in [0.3, 0.4) is 0 Å². The number of nitrogen functional groups attached to an aromatic ring is 1. The second kappa shape index (κ2) is 5.27. The van der Waals surface area contributed by atoms with Crippen molar-refractivity contribution in [3.8, 4) is 17.2 Å². The van der Waals surface area contributed by atoms with E-state index in [0.29, 0.717) is 27.4 Å². The van der Waals surface area contributed by atoms with Crippen LogP contribution in [0, 0.1) is 5.82 Å². The quantitative estimate of drug-likeness (QED) is 0.872. The van der Waals surface area contributed by atoms with Crippen LogP contribution < -0.4 is 15.2 Å². The molecule has 0 radical (unpaired) electrons. The highest BCUT2D eigenvalue weighted by atomic mass is 79.9. The zero-order chi connectivity index (χ0) is 13.1. The molecule has 0 aliphatic carbocycles. The van der Waals surface area contributed by atoms with Crippen molar-refractivity contribution in [1.29, 1.82) is 0 Å². The van der Waals surface area contributed by atoms with Gasteiger partial charge in [0, 0.05) is 30.0 Å². The highest BCUT2D eigenvalue weighted by Crippen LogP contribution is 2.30. The van der Waals surface area contributed by atoms with Gasteiger partial charge >= 0.3 is 0 Å². The van der Waals surface area contributed by atoms with Gasteiger partial charge in [-0.05, 0) is 28.1 Å². The minimum atomic E-state index is -0.386. The van der Waals surface area contributed by atoms with Gasteiger partial charge in [-0.15, -0.1) is 0 Å². The third-order valence-electron chi connectivity index (χ3n) is 2.26. The van der Waals surface area contributed by atoms with E-state index in [2.05, 4.69) is 15.9 Å². The summed E-state index contributed by atoms with van der Waals surface area (Å²) in [6.45, 7) is 0. The predicted molar refractivity (Wildman–Crippen MR) is 71.6 cm³/mol. The summed E-state index contributed by atoms with van der Waals surface area (Å²) in [4.78, 5) is 0. The third-order valence-corrected chi connectivity index (χ3v) is 2.91. The maximum absolute atomic E-state index is 13.3. The molecule has 0 atom stereocenters. The summed E-state index contributed by atoms with van der Waals surface area (Å²) in [5.74, 6) is 1.09. The van der Waals surface area contributed by atoms with E-state index in [1.54, 1.807) is 30.3 Å². The fourth-order valence-corrected chi connectivity index (χ4v) is 1.69. The number of rotatable bonds is 3. The molecule has 0 aromatic heterocycles. The monoisotopic (exact) mass is 311 g/mol. The number of benzene rings is 2. The fourth-order valence-electron chi connectivity index (χ4n) is 1.45. The van der Waals surface area contributed by atoms with E-state index in [1.165, 1.54) is 13.2 Å². The number of methoxy groups -OCH3 is 1. The molecule has 2 aromatic carbocycles. The average Bonchev–Trinajstić information content (AvgIpc) is 2.33. The molecule has 0 fully saturated rings. The first kappa shape index (κ1) is 12.7. The lowest BCUT2D eigenvalue weighted by molar-refractivity contribution is 0.409. The highest BCUT2D eigenvalue weighted by molar-refractivity contribution is 9.10.